The monoisotopic (exact) mass is 402 g/mol. The summed E-state index contributed by atoms with van der Waals surface area (Å²) in [6, 6.07) is 20.4. The van der Waals surface area contributed by atoms with Crippen molar-refractivity contribution in [2.75, 3.05) is 19.1 Å². The van der Waals surface area contributed by atoms with Crippen molar-refractivity contribution in [3.63, 3.8) is 0 Å². The Morgan fingerprint density at radius 1 is 0.933 bits per heavy atom. The van der Waals surface area contributed by atoms with Crippen molar-refractivity contribution in [3.05, 3.63) is 95.4 Å². The maximum Gasteiger partial charge on any atom is 0.282 e. The maximum atomic E-state index is 13.9. The zero-order valence-corrected chi connectivity index (χ0v) is 16.5. The number of methoxy groups -OCH3 is 2. The van der Waals surface area contributed by atoms with Crippen LogP contribution >= 0.6 is 0 Å². The van der Waals surface area contributed by atoms with Crippen LogP contribution in [0.3, 0.4) is 0 Å². The molecule has 0 N–H and O–H groups in total. The van der Waals surface area contributed by atoms with Gasteiger partial charge in [-0.25, -0.2) is 9.38 Å². The van der Waals surface area contributed by atoms with Crippen molar-refractivity contribution in [3.8, 4) is 11.5 Å². The fourth-order valence-electron chi connectivity index (χ4n) is 3.26. The molecule has 150 valence electrons. The van der Waals surface area contributed by atoms with Crippen molar-refractivity contribution in [2.45, 2.75) is 0 Å². The highest BCUT2D eigenvalue weighted by Crippen LogP contribution is 2.30. The SMILES string of the molecule is COc1cccc(C2=N/C(=C\c3ccccc3OC)C(=O)N2c2cccc(F)c2)c1. The lowest BCUT2D eigenvalue weighted by atomic mass is 10.1. The maximum absolute atomic E-state index is 13.9. The number of aliphatic imine (C=N–C) groups is 1. The van der Waals surface area contributed by atoms with Crippen molar-refractivity contribution in [2.24, 2.45) is 4.99 Å². The van der Waals surface area contributed by atoms with E-state index in [-0.39, 0.29) is 11.6 Å². The molecule has 0 spiro atoms. The first kappa shape index (κ1) is 19.4. The number of hydrogen-bond donors (Lipinski definition) is 0. The number of nitrogens with zero attached hydrogens (tertiary/aromatic N) is 2. The van der Waals surface area contributed by atoms with Gasteiger partial charge in [-0.05, 0) is 42.5 Å². The fraction of sp³-hybridized carbons (Fsp3) is 0.0833. The lowest BCUT2D eigenvalue weighted by Gasteiger charge is -2.19. The molecule has 0 fully saturated rings. The molecule has 0 aliphatic carbocycles. The average Bonchev–Trinajstić information content (AvgIpc) is 3.10. The van der Waals surface area contributed by atoms with Gasteiger partial charge < -0.3 is 9.47 Å². The Balaban J connectivity index is 1.86. The summed E-state index contributed by atoms with van der Waals surface area (Å²) in [5, 5.41) is 0. The second kappa shape index (κ2) is 8.21. The van der Waals surface area contributed by atoms with Crippen LogP contribution in [0, 0.1) is 5.82 Å². The smallest absolute Gasteiger partial charge is 0.282 e. The number of carbonyl (C=O) groups is 1. The number of benzene rings is 3. The summed E-state index contributed by atoms with van der Waals surface area (Å²) in [6.07, 6.45) is 1.67. The topological polar surface area (TPSA) is 51.1 Å². The molecule has 1 heterocycles. The molecule has 1 aliphatic rings. The molecule has 0 unspecified atom stereocenters. The lowest BCUT2D eigenvalue weighted by Crippen LogP contribution is -2.32. The van der Waals surface area contributed by atoms with Crippen molar-refractivity contribution >= 4 is 23.5 Å². The van der Waals surface area contributed by atoms with E-state index in [9.17, 15) is 9.18 Å². The number of rotatable bonds is 5. The Morgan fingerprint density at radius 3 is 2.50 bits per heavy atom. The summed E-state index contributed by atoms with van der Waals surface area (Å²) in [5.74, 6) is 0.853. The van der Waals surface area contributed by atoms with Gasteiger partial charge in [-0.3, -0.25) is 9.69 Å². The molecule has 0 aromatic heterocycles. The molecule has 0 radical (unpaired) electrons. The first-order valence-corrected chi connectivity index (χ1v) is 9.28. The molecule has 30 heavy (non-hydrogen) atoms. The van der Waals surface area contributed by atoms with Crippen LogP contribution in [0.5, 0.6) is 11.5 Å². The van der Waals surface area contributed by atoms with Gasteiger partial charge in [0.05, 0.1) is 19.9 Å². The largest absolute Gasteiger partial charge is 0.497 e. The first-order chi connectivity index (χ1) is 14.6. The van der Waals surface area contributed by atoms with E-state index < -0.39 is 5.82 Å². The number of hydrogen-bond acceptors (Lipinski definition) is 4. The predicted molar refractivity (Wildman–Crippen MR) is 114 cm³/mol. The van der Waals surface area contributed by atoms with E-state index in [1.54, 1.807) is 44.6 Å². The number of halogens is 1. The fourth-order valence-corrected chi connectivity index (χ4v) is 3.26. The number of amidine groups is 1. The minimum atomic E-state index is -0.438. The van der Waals surface area contributed by atoms with Gasteiger partial charge in [0.1, 0.15) is 28.8 Å². The minimum Gasteiger partial charge on any atom is -0.497 e. The van der Waals surface area contributed by atoms with Crippen LogP contribution in [0.2, 0.25) is 0 Å². The molecule has 1 aliphatic heterocycles. The Kier molecular flexibility index (Phi) is 5.30. The highest BCUT2D eigenvalue weighted by atomic mass is 19.1. The molecule has 4 rings (SSSR count). The first-order valence-electron chi connectivity index (χ1n) is 9.28. The highest BCUT2D eigenvalue weighted by molar-refractivity contribution is 6.33. The minimum absolute atomic E-state index is 0.224. The summed E-state index contributed by atoms with van der Waals surface area (Å²) in [7, 11) is 3.13. The van der Waals surface area contributed by atoms with Crippen LogP contribution in [0.25, 0.3) is 6.08 Å². The number of carbonyl (C=O) groups excluding carboxylic acids is 1. The van der Waals surface area contributed by atoms with Crippen molar-refractivity contribution < 1.29 is 18.7 Å². The summed E-state index contributed by atoms with van der Waals surface area (Å²) in [6.45, 7) is 0. The number of ether oxygens (including phenoxy) is 2. The molecular formula is C24H19FN2O3. The zero-order chi connectivity index (χ0) is 21.1. The van der Waals surface area contributed by atoms with Gasteiger partial charge in [-0.15, -0.1) is 0 Å². The Labute approximate surface area is 173 Å². The lowest BCUT2D eigenvalue weighted by molar-refractivity contribution is -0.113. The van der Waals surface area contributed by atoms with Gasteiger partial charge >= 0.3 is 0 Å². The van der Waals surface area contributed by atoms with Crippen molar-refractivity contribution in [1.29, 1.82) is 0 Å². The molecular weight excluding hydrogens is 383 g/mol. The van der Waals surface area contributed by atoms with Crippen LogP contribution in [-0.2, 0) is 4.79 Å². The van der Waals surface area contributed by atoms with Crippen molar-refractivity contribution in [1.82, 2.24) is 0 Å². The second-order valence-electron chi connectivity index (χ2n) is 6.56. The number of para-hydroxylation sites is 1. The number of amides is 1. The summed E-state index contributed by atoms with van der Waals surface area (Å²) >= 11 is 0. The third-order valence-corrected chi connectivity index (χ3v) is 4.69. The predicted octanol–water partition coefficient (Wildman–Crippen LogP) is 4.68. The number of anilines is 1. The van der Waals surface area contributed by atoms with E-state index in [1.165, 1.54) is 17.0 Å². The Bertz CT molecular complexity index is 1170. The van der Waals surface area contributed by atoms with Crippen LogP contribution in [0.1, 0.15) is 11.1 Å². The van der Waals surface area contributed by atoms with Crippen LogP contribution in [0.4, 0.5) is 10.1 Å². The summed E-state index contributed by atoms with van der Waals surface area (Å²) < 4.78 is 24.6. The highest BCUT2D eigenvalue weighted by Gasteiger charge is 2.33. The van der Waals surface area contributed by atoms with Gasteiger partial charge in [-0.1, -0.05) is 36.4 Å². The molecule has 3 aromatic carbocycles. The summed E-state index contributed by atoms with van der Waals surface area (Å²) in [4.78, 5) is 19.3. The quantitative estimate of drug-likeness (QED) is 0.583. The van der Waals surface area contributed by atoms with Gasteiger partial charge in [-0.2, -0.15) is 0 Å². The van der Waals surface area contributed by atoms with E-state index in [2.05, 4.69) is 4.99 Å². The van der Waals surface area contributed by atoms with E-state index in [0.29, 0.717) is 28.6 Å². The van der Waals surface area contributed by atoms with Gasteiger partial charge in [0.25, 0.3) is 5.91 Å². The van der Waals surface area contributed by atoms with E-state index >= 15 is 0 Å². The van der Waals surface area contributed by atoms with Crippen LogP contribution in [-0.4, -0.2) is 26.0 Å². The molecule has 0 bridgehead atoms. The van der Waals surface area contributed by atoms with E-state index in [4.69, 9.17) is 9.47 Å². The Hall–Kier alpha value is -3.93. The van der Waals surface area contributed by atoms with E-state index in [1.807, 2.05) is 36.4 Å². The third kappa shape index (κ3) is 3.67. The molecule has 6 heteroatoms. The molecule has 0 atom stereocenters. The molecule has 5 nitrogen and oxygen atoms in total. The van der Waals surface area contributed by atoms with Crippen LogP contribution in [0.15, 0.2) is 83.5 Å². The zero-order valence-electron chi connectivity index (χ0n) is 16.5. The van der Waals surface area contributed by atoms with Gasteiger partial charge in [0.2, 0.25) is 0 Å². The standard InChI is InChI=1S/C24H19FN2O3/c1-29-20-11-5-8-17(13-20)23-26-21(14-16-7-3-4-12-22(16)30-2)24(28)27(23)19-10-6-9-18(25)15-19/h3-15H,1-2H3/b21-14-. The second-order valence-corrected chi connectivity index (χ2v) is 6.56. The molecule has 0 saturated carbocycles. The van der Waals surface area contributed by atoms with Gasteiger partial charge in [0.15, 0.2) is 0 Å². The van der Waals surface area contributed by atoms with E-state index in [0.717, 1.165) is 5.56 Å². The summed E-state index contributed by atoms with van der Waals surface area (Å²) in [5.41, 5.74) is 2.01. The molecule has 1 amide bonds. The van der Waals surface area contributed by atoms with Crippen LogP contribution < -0.4 is 14.4 Å². The Morgan fingerprint density at radius 2 is 1.73 bits per heavy atom. The van der Waals surface area contributed by atoms with Gasteiger partial charge in [0, 0.05) is 11.1 Å². The average molecular weight is 402 g/mol. The normalized spacial score (nSPS) is 14.8. The third-order valence-electron chi connectivity index (χ3n) is 4.69. The molecule has 3 aromatic rings. The molecule has 0 saturated heterocycles.